The van der Waals surface area contributed by atoms with Crippen molar-refractivity contribution in [1.82, 2.24) is 9.71 Å². The summed E-state index contributed by atoms with van der Waals surface area (Å²) in [7, 11) is -3.91. The van der Waals surface area contributed by atoms with Crippen LogP contribution in [0.4, 0.5) is 4.39 Å². The number of pyridine rings is 1. The molecule has 0 amide bonds. The van der Waals surface area contributed by atoms with Crippen LogP contribution in [0.1, 0.15) is 19.8 Å². The fraction of sp³-hybridized carbons (Fsp3) is 0.583. The third kappa shape index (κ3) is 3.49. The van der Waals surface area contributed by atoms with E-state index in [0.717, 1.165) is 18.9 Å². The molecule has 1 N–H and O–H groups in total. The van der Waals surface area contributed by atoms with E-state index in [1.165, 1.54) is 12.3 Å². The second kappa shape index (κ2) is 5.52. The first kappa shape index (κ1) is 14.4. The van der Waals surface area contributed by atoms with Crippen molar-refractivity contribution in [2.45, 2.75) is 24.8 Å². The summed E-state index contributed by atoms with van der Waals surface area (Å²) in [5, 5.41) is -0.550. The van der Waals surface area contributed by atoms with E-state index in [2.05, 4.69) is 9.71 Å². The van der Waals surface area contributed by atoms with Gasteiger partial charge in [-0.1, -0.05) is 6.92 Å². The lowest BCUT2D eigenvalue weighted by atomic mass is 9.83. The fourth-order valence-electron chi connectivity index (χ4n) is 1.95. The van der Waals surface area contributed by atoms with Gasteiger partial charge in [0.25, 0.3) is 10.0 Å². The van der Waals surface area contributed by atoms with Crippen LogP contribution in [0.3, 0.4) is 0 Å². The number of halogens is 1. The van der Waals surface area contributed by atoms with Crippen molar-refractivity contribution in [1.29, 1.82) is 0 Å². The molecule has 0 spiro atoms. The Morgan fingerprint density at radius 3 is 2.79 bits per heavy atom. The van der Waals surface area contributed by atoms with Crippen molar-refractivity contribution in [3.8, 4) is 0 Å². The summed E-state index contributed by atoms with van der Waals surface area (Å²) in [6.07, 6.45) is 2.81. The maximum atomic E-state index is 13.4. The maximum absolute atomic E-state index is 13.4. The van der Waals surface area contributed by atoms with Crippen LogP contribution in [0.25, 0.3) is 0 Å². The first-order valence-electron chi connectivity index (χ1n) is 6.11. The van der Waals surface area contributed by atoms with Crippen LogP contribution >= 0.6 is 0 Å². The fourth-order valence-corrected chi connectivity index (χ4v) is 3.15. The minimum Gasteiger partial charge on any atom is -0.381 e. The molecule has 2 heterocycles. The van der Waals surface area contributed by atoms with E-state index >= 15 is 0 Å². The molecule has 0 aromatic carbocycles. The monoisotopic (exact) mass is 288 g/mol. The molecule has 106 valence electrons. The first-order valence-corrected chi connectivity index (χ1v) is 7.59. The second-order valence-electron chi connectivity index (χ2n) is 5.04. The molecule has 7 heteroatoms. The van der Waals surface area contributed by atoms with E-state index in [1.54, 1.807) is 0 Å². The van der Waals surface area contributed by atoms with E-state index < -0.39 is 20.9 Å². The zero-order valence-corrected chi connectivity index (χ0v) is 11.5. The minimum absolute atomic E-state index is 0.156. The summed E-state index contributed by atoms with van der Waals surface area (Å²) >= 11 is 0. The van der Waals surface area contributed by atoms with Crippen molar-refractivity contribution in [2.75, 3.05) is 19.8 Å². The lowest BCUT2D eigenvalue weighted by molar-refractivity contribution is 0.0264. The van der Waals surface area contributed by atoms with Crippen LogP contribution in [0.5, 0.6) is 0 Å². The summed E-state index contributed by atoms with van der Waals surface area (Å²) in [6.45, 7) is 3.49. The van der Waals surface area contributed by atoms with Crippen molar-refractivity contribution in [2.24, 2.45) is 5.41 Å². The third-order valence-corrected chi connectivity index (χ3v) is 4.70. The Hall–Kier alpha value is -1.05. The van der Waals surface area contributed by atoms with Gasteiger partial charge in [-0.2, -0.15) is 0 Å². The van der Waals surface area contributed by atoms with Crippen LogP contribution in [-0.4, -0.2) is 33.2 Å². The smallest absolute Gasteiger partial charge is 0.261 e. The highest BCUT2D eigenvalue weighted by Crippen LogP contribution is 2.29. The number of nitrogens with zero attached hydrogens (tertiary/aromatic N) is 1. The summed E-state index contributed by atoms with van der Waals surface area (Å²) in [5.41, 5.74) is -0.156. The lowest BCUT2D eigenvalue weighted by Gasteiger charge is -2.33. The molecule has 1 saturated heterocycles. The van der Waals surface area contributed by atoms with Crippen LogP contribution in [0, 0.1) is 11.2 Å². The van der Waals surface area contributed by atoms with Crippen molar-refractivity contribution >= 4 is 10.0 Å². The topological polar surface area (TPSA) is 68.3 Å². The summed E-state index contributed by atoms with van der Waals surface area (Å²) < 4.78 is 45.1. The molecule has 5 nitrogen and oxygen atoms in total. The Morgan fingerprint density at radius 1 is 1.47 bits per heavy atom. The summed E-state index contributed by atoms with van der Waals surface area (Å²) in [6, 6.07) is 2.44. The van der Waals surface area contributed by atoms with E-state index in [4.69, 9.17) is 4.74 Å². The van der Waals surface area contributed by atoms with Gasteiger partial charge in [0.05, 0.1) is 0 Å². The number of hydrogen-bond acceptors (Lipinski definition) is 4. The van der Waals surface area contributed by atoms with Gasteiger partial charge in [0, 0.05) is 26.0 Å². The molecule has 1 aliphatic rings. The Bertz CT molecular complexity index is 542. The van der Waals surface area contributed by atoms with Crippen molar-refractivity contribution < 1.29 is 17.5 Å². The molecule has 1 aromatic rings. The number of ether oxygens (including phenoxy) is 1. The standard InChI is InChI=1S/C12H17FN2O3S/c1-12(4-7-18-8-5-12)9-15-19(16,17)11-10(13)3-2-6-14-11/h2-3,6,15H,4-5,7-9H2,1H3. The number of nitrogens with one attached hydrogen (secondary N) is 1. The Labute approximate surface area is 112 Å². The van der Waals surface area contributed by atoms with Gasteiger partial charge in [0.2, 0.25) is 5.03 Å². The lowest BCUT2D eigenvalue weighted by Crippen LogP contribution is -2.39. The zero-order valence-electron chi connectivity index (χ0n) is 10.7. The van der Waals surface area contributed by atoms with Gasteiger partial charge in [-0.05, 0) is 30.4 Å². The second-order valence-corrected chi connectivity index (χ2v) is 6.72. The van der Waals surface area contributed by atoms with Crippen LogP contribution < -0.4 is 4.72 Å². The quantitative estimate of drug-likeness (QED) is 0.907. The van der Waals surface area contributed by atoms with Gasteiger partial charge in [0.1, 0.15) is 0 Å². The van der Waals surface area contributed by atoms with Gasteiger partial charge in [-0.15, -0.1) is 0 Å². The molecule has 0 aliphatic carbocycles. The van der Waals surface area contributed by atoms with Gasteiger partial charge in [-0.3, -0.25) is 0 Å². The SMILES string of the molecule is CC1(CNS(=O)(=O)c2ncccc2F)CCOCC1. The normalized spacial score (nSPS) is 19.3. The summed E-state index contributed by atoms with van der Waals surface area (Å²) in [5.74, 6) is -0.841. The molecular formula is C12H17FN2O3S. The number of aromatic nitrogens is 1. The van der Waals surface area contributed by atoms with Crippen LogP contribution in [0.2, 0.25) is 0 Å². The highest BCUT2D eigenvalue weighted by molar-refractivity contribution is 7.89. The average Bonchev–Trinajstić information content (AvgIpc) is 2.38. The highest BCUT2D eigenvalue weighted by atomic mass is 32.2. The van der Waals surface area contributed by atoms with Crippen LogP contribution in [0.15, 0.2) is 23.4 Å². The molecule has 0 bridgehead atoms. The zero-order chi connectivity index (χ0) is 13.9. The van der Waals surface area contributed by atoms with E-state index in [9.17, 15) is 12.8 Å². The minimum atomic E-state index is -3.91. The predicted molar refractivity (Wildman–Crippen MR) is 67.5 cm³/mol. The third-order valence-electron chi connectivity index (χ3n) is 3.37. The average molecular weight is 288 g/mol. The van der Waals surface area contributed by atoms with Gasteiger partial charge in [-0.25, -0.2) is 22.5 Å². The van der Waals surface area contributed by atoms with Gasteiger partial charge >= 0.3 is 0 Å². The van der Waals surface area contributed by atoms with E-state index in [0.29, 0.717) is 13.2 Å². The first-order chi connectivity index (χ1) is 8.93. The predicted octanol–water partition coefficient (Wildman–Crippen LogP) is 1.32. The van der Waals surface area contributed by atoms with E-state index in [1.807, 2.05) is 6.92 Å². The van der Waals surface area contributed by atoms with Gasteiger partial charge < -0.3 is 4.74 Å². The number of rotatable bonds is 4. The molecule has 1 aromatic heterocycles. The maximum Gasteiger partial charge on any atom is 0.261 e. The molecule has 0 unspecified atom stereocenters. The van der Waals surface area contributed by atoms with E-state index in [-0.39, 0.29) is 12.0 Å². The number of sulfonamides is 1. The Kier molecular flexibility index (Phi) is 4.17. The van der Waals surface area contributed by atoms with Gasteiger partial charge in [0.15, 0.2) is 5.82 Å². The summed E-state index contributed by atoms with van der Waals surface area (Å²) in [4.78, 5) is 3.59. The molecule has 19 heavy (non-hydrogen) atoms. The Balaban J connectivity index is 2.08. The molecule has 2 rings (SSSR count). The highest BCUT2D eigenvalue weighted by Gasteiger charge is 2.30. The Morgan fingerprint density at radius 2 is 2.16 bits per heavy atom. The molecule has 0 radical (unpaired) electrons. The van der Waals surface area contributed by atoms with Crippen LogP contribution in [-0.2, 0) is 14.8 Å². The molecule has 0 saturated carbocycles. The molecule has 0 atom stereocenters. The van der Waals surface area contributed by atoms with Crippen molar-refractivity contribution in [3.05, 3.63) is 24.1 Å². The molecule has 1 aliphatic heterocycles. The number of hydrogen-bond donors (Lipinski definition) is 1. The molecular weight excluding hydrogens is 271 g/mol. The molecule has 1 fully saturated rings. The van der Waals surface area contributed by atoms with Crippen molar-refractivity contribution in [3.63, 3.8) is 0 Å². The largest absolute Gasteiger partial charge is 0.381 e.